The standard InChI is InChI=1S/C34H58N2O3/c1-21(2)26-24(37)20-34(36-28(38)39-29(4,5)6)19-18-31(9)23(27(26)34)12-13-25-32(10,15-14-22(3)35)30(7,8)16-17-33(25,31)11/h21-23,25H,12-20,35H2,1-11H3,(H,36,38)/t22-,23-,25-,31-,32-,33-,34-/m1/s1. The van der Waals surface area contributed by atoms with Gasteiger partial charge in [0.05, 0.1) is 5.54 Å². The second-order valence-corrected chi connectivity index (χ2v) is 16.6. The van der Waals surface area contributed by atoms with Gasteiger partial charge in [0.15, 0.2) is 5.78 Å². The number of alkyl carbamates (subject to hydrolysis) is 1. The van der Waals surface area contributed by atoms with Gasteiger partial charge in [-0.05, 0) is 130 Å². The predicted octanol–water partition coefficient (Wildman–Crippen LogP) is 7.96. The number of nitrogens with two attached hydrogens (primary N) is 1. The van der Waals surface area contributed by atoms with Crippen LogP contribution in [0, 0.1) is 39.4 Å². The third kappa shape index (κ3) is 4.71. The summed E-state index contributed by atoms with van der Waals surface area (Å²) in [6.07, 6.45) is 8.71. The van der Waals surface area contributed by atoms with Crippen molar-refractivity contribution < 1.29 is 14.3 Å². The molecule has 7 atom stereocenters. The Morgan fingerprint density at radius 1 is 1.00 bits per heavy atom. The fourth-order valence-corrected chi connectivity index (χ4v) is 9.94. The Kier molecular flexibility index (Phi) is 7.53. The van der Waals surface area contributed by atoms with E-state index in [0.29, 0.717) is 18.3 Å². The Labute approximate surface area is 238 Å². The average Bonchev–Trinajstić information content (AvgIpc) is 3.07. The van der Waals surface area contributed by atoms with Crippen LogP contribution in [-0.2, 0) is 9.53 Å². The molecule has 0 radical (unpaired) electrons. The monoisotopic (exact) mass is 542 g/mol. The Hall–Kier alpha value is -1.36. The van der Waals surface area contributed by atoms with Crippen LogP contribution in [-0.4, -0.2) is 29.1 Å². The first-order valence-electron chi connectivity index (χ1n) is 15.8. The van der Waals surface area contributed by atoms with Gasteiger partial charge in [0.1, 0.15) is 5.60 Å². The van der Waals surface area contributed by atoms with Gasteiger partial charge in [-0.15, -0.1) is 0 Å². The average molecular weight is 543 g/mol. The summed E-state index contributed by atoms with van der Waals surface area (Å²) in [7, 11) is 0. The van der Waals surface area contributed by atoms with Crippen LogP contribution >= 0.6 is 0 Å². The van der Waals surface area contributed by atoms with E-state index in [1.165, 1.54) is 31.3 Å². The maximum atomic E-state index is 13.7. The van der Waals surface area contributed by atoms with Crippen molar-refractivity contribution in [2.24, 2.45) is 45.1 Å². The minimum atomic E-state index is -0.612. The summed E-state index contributed by atoms with van der Waals surface area (Å²) in [5.74, 6) is 1.27. The SMILES string of the molecule is CC(C)C1=C2[C@H]3CC[C@@H]4[C@@](C)(CC[C@@H](C)N)C(C)(C)CC[C@@]4(C)[C@]3(C)CC[C@@]2(NC(=O)OC(C)(C)C)CC1=O. The number of rotatable bonds is 5. The van der Waals surface area contributed by atoms with E-state index in [1.807, 2.05) is 20.8 Å². The van der Waals surface area contributed by atoms with Gasteiger partial charge in [0, 0.05) is 12.5 Å². The van der Waals surface area contributed by atoms with E-state index in [4.69, 9.17) is 10.5 Å². The smallest absolute Gasteiger partial charge is 0.408 e. The van der Waals surface area contributed by atoms with Crippen molar-refractivity contribution in [3.63, 3.8) is 0 Å². The van der Waals surface area contributed by atoms with E-state index in [0.717, 1.165) is 31.3 Å². The van der Waals surface area contributed by atoms with Gasteiger partial charge in [0.25, 0.3) is 0 Å². The van der Waals surface area contributed by atoms with Crippen molar-refractivity contribution in [3.8, 4) is 0 Å². The van der Waals surface area contributed by atoms with E-state index in [9.17, 15) is 9.59 Å². The third-order valence-corrected chi connectivity index (χ3v) is 12.6. The predicted molar refractivity (Wildman–Crippen MR) is 159 cm³/mol. The zero-order chi connectivity index (χ0) is 29.4. The summed E-state index contributed by atoms with van der Waals surface area (Å²) < 4.78 is 5.74. The van der Waals surface area contributed by atoms with Crippen molar-refractivity contribution in [1.82, 2.24) is 5.32 Å². The molecule has 0 aromatic carbocycles. The van der Waals surface area contributed by atoms with Crippen LogP contribution in [0.2, 0.25) is 0 Å². The molecular formula is C34H58N2O3. The molecule has 3 N–H and O–H groups in total. The lowest BCUT2D eigenvalue weighted by atomic mass is 9.34. The number of ketones is 1. The zero-order valence-corrected chi connectivity index (χ0v) is 27.0. The van der Waals surface area contributed by atoms with Crippen LogP contribution in [0.15, 0.2) is 11.1 Å². The number of allylic oxidation sites excluding steroid dienone is 1. The highest BCUT2D eigenvalue weighted by atomic mass is 16.6. The molecule has 3 fully saturated rings. The lowest BCUT2D eigenvalue weighted by molar-refractivity contribution is -0.205. The van der Waals surface area contributed by atoms with Gasteiger partial charge in [0.2, 0.25) is 0 Å². The number of Topliss-reactive ketones (excluding diaryl/α,β-unsaturated/α-hetero) is 1. The second kappa shape index (κ2) is 9.60. The fraction of sp³-hybridized carbons (Fsp3) is 0.882. The molecule has 0 aliphatic heterocycles. The first-order valence-corrected chi connectivity index (χ1v) is 15.8. The van der Waals surface area contributed by atoms with Crippen molar-refractivity contribution in [2.75, 3.05) is 0 Å². The van der Waals surface area contributed by atoms with Crippen LogP contribution in [0.3, 0.4) is 0 Å². The number of hydrogen-bond acceptors (Lipinski definition) is 4. The molecule has 4 aliphatic rings. The highest BCUT2D eigenvalue weighted by molar-refractivity contribution is 6.02. The minimum absolute atomic E-state index is 0.0706. The number of amides is 1. The maximum Gasteiger partial charge on any atom is 0.408 e. The molecule has 0 heterocycles. The van der Waals surface area contributed by atoms with Crippen LogP contribution in [0.1, 0.15) is 134 Å². The number of carbonyl (C=O) groups excluding carboxylic acids is 2. The molecule has 0 aromatic heterocycles. The van der Waals surface area contributed by atoms with Gasteiger partial charge in [-0.1, -0.05) is 48.5 Å². The topological polar surface area (TPSA) is 81.4 Å². The number of hydrogen-bond donors (Lipinski definition) is 2. The van der Waals surface area contributed by atoms with Crippen molar-refractivity contribution >= 4 is 11.9 Å². The van der Waals surface area contributed by atoms with Crippen molar-refractivity contribution in [3.05, 3.63) is 11.1 Å². The van der Waals surface area contributed by atoms with E-state index < -0.39 is 17.2 Å². The van der Waals surface area contributed by atoms with Crippen LogP contribution in [0.4, 0.5) is 4.79 Å². The Balaban J connectivity index is 1.79. The molecule has 39 heavy (non-hydrogen) atoms. The maximum absolute atomic E-state index is 13.7. The fourth-order valence-electron chi connectivity index (χ4n) is 9.94. The summed E-state index contributed by atoms with van der Waals surface area (Å²) >= 11 is 0. The molecule has 5 nitrogen and oxygen atoms in total. The van der Waals surface area contributed by atoms with Crippen LogP contribution in [0.5, 0.6) is 0 Å². The minimum Gasteiger partial charge on any atom is -0.444 e. The molecule has 222 valence electrons. The summed E-state index contributed by atoms with van der Waals surface area (Å²) in [5, 5.41) is 3.31. The molecular weight excluding hydrogens is 484 g/mol. The first-order chi connectivity index (χ1) is 17.7. The first kappa shape index (κ1) is 30.6. The zero-order valence-electron chi connectivity index (χ0n) is 27.0. The van der Waals surface area contributed by atoms with Crippen LogP contribution < -0.4 is 11.1 Å². The summed E-state index contributed by atoms with van der Waals surface area (Å²) in [4.78, 5) is 26.9. The molecule has 0 unspecified atom stereocenters. The molecule has 0 saturated heterocycles. The Morgan fingerprint density at radius 3 is 2.18 bits per heavy atom. The van der Waals surface area contributed by atoms with Gasteiger partial charge in [-0.3, -0.25) is 4.79 Å². The lowest BCUT2D eigenvalue weighted by Gasteiger charge is -2.71. The molecule has 0 aromatic rings. The molecule has 1 amide bonds. The summed E-state index contributed by atoms with van der Waals surface area (Å²) in [5.41, 5.74) is 8.07. The molecule has 5 heteroatoms. The van der Waals surface area contributed by atoms with Gasteiger partial charge < -0.3 is 15.8 Å². The van der Waals surface area contributed by atoms with Crippen LogP contribution in [0.25, 0.3) is 0 Å². The quantitative estimate of drug-likeness (QED) is 0.369. The largest absolute Gasteiger partial charge is 0.444 e. The highest BCUT2D eigenvalue weighted by Gasteiger charge is 2.69. The summed E-state index contributed by atoms with van der Waals surface area (Å²) in [6, 6.07) is 0.218. The molecule has 4 rings (SSSR count). The normalized spacial score (nSPS) is 40.6. The van der Waals surface area contributed by atoms with Gasteiger partial charge in [-0.25, -0.2) is 4.79 Å². The summed E-state index contributed by atoms with van der Waals surface area (Å²) in [6.45, 7) is 24.8. The van der Waals surface area contributed by atoms with Crippen molar-refractivity contribution in [2.45, 2.75) is 151 Å². The highest BCUT2D eigenvalue weighted by Crippen LogP contribution is 2.75. The van der Waals surface area contributed by atoms with E-state index in [2.05, 4.69) is 60.7 Å². The molecule has 0 spiro atoms. The van der Waals surface area contributed by atoms with E-state index >= 15 is 0 Å². The molecule has 0 bridgehead atoms. The van der Waals surface area contributed by atoms with Gasteiger partial charge >= 0.3 is 6.09 Å². The van der Waals surface area contributed by atoms with E-state index in [1.54, 1.807) is 0 Å². The number of fused-ring (bicyclic) bond motifs is 5. The van der Waals surface area contributed by atoms with Gasteiger partial charge in [-0.2, -0.15) is 0 Å². The Morgan fingerprint density at radius 2 is 1.62 bits per heavy atom. The van der Waals surface area contributed by atoms with Crippen molar-refractivity contribution in [1.29, 1.82) is 0 Å². The van der Waals surface area contributed by atoms with E-state index in [-0.39, 0.29) is 39.4 Å². The third-order valence-electron chi connectivity index (χ3n) is 12.6. The lowest BCUT2D eigenvalue weighted by Crippen LogP contribution is -2.66. The second-order valence-electron chi connectivity index (χ2n) is 16.6. The molecule has 4 aliphatic carbocycles. The Bertz CT molecular complexity index is 1040. The molecule has 3 saturated carbocycles. The number of carbonyl (C=O) groups is 2. The number of ether oxygens (including phenoxy) is 1. The number of nitrogens with one attached hydrogen (secondary N) is 1.